The minimum absolute atomic E-state index is 0.0796. The summed E-state index contributed by atoms with van der Waals surface area (Å²) in [4.78, 5) is 45.2. The number of amides is 2. The van der Waals surface area contributed by atoms with Crippen LogP contribution in [0.4, 0.5) is 0 Å². The van der Waals surface area contributed by atoms with E-state index in [-0.39, 0.29) is 30.9 Å². The monoisotopic (exact) mass is 540 g/mol. The molecule has 0 saturated carbocycles. The smallest absolute Gasteiger partial charge is 0.311 e. The molecule has 1 aromatic carbocycles. The number of likely N-dealkylation sites (tertiary alicyclic amines) is 1. The molecule has 38 heavy (non-hydrogen) atoms. The number of nitrogens with zero attached hydrogens (tertiary/aromatic N) is 2. The van der Waals surface area contributed by atoms with Crippen molar-refractivity contribution in [1.82, 2.24) is 9.80 Å². The molecule has 2 bridgehead atoms. The van der Waals surface area contributed by atoms with Crippen molar-refractivity contribution in [3.8, 4) is 0 Å². The van der Waals surface area contributed by atoms with Crippen LogP contribution in [0, 0.1) is 11.8 Å². The largest absolute Gasteiger partial charge is 0.465 e. The molecule has 1 N–H and O–H groups in total. The standard InChI is InChI=1S/C30H40N2O5S/c1-4-6-7-11-20-37-28(36)24-23-26(34)32(18-12-19-33)25(30(23)16-15-29(24,3)38-30)27(35)31(17-5-2)21-22-13-9-8-10-14-22/h4-5,8-10,13-14,23-25,33H,1-2,6-7,11-12,15-21H2,3H3/t23-,24-,25?,29+,30?/m0/s1. The quantitative estimate of drug-likeness (QED) is 0.218. The minimum Gasteiger partial charge on any atom is -0.465 e. The summed E-state index contributed by atoms with van der Waals surface area (Å²) < 4.78 is 4.57. The summed E-state index contributed by atoms with van der Waals surface area (Å²) in [6, 6.07) is 9.07. The minimum atomic E-state index is -0.701. The van der Waals surface area contributed by atoms with Crippen LogP contribution in [0.5, 0.6) is 0 Å². The molecule has 0 radical (unpaired) electrons. The number of carbonyl (C=O) groups is 3. The van der Waals surface area contributed by atoms with Crippen LogP contribution < -0.4 is 0 Å². The first-order valence-electron chi connectivity index (χ1n) is 13.7. The van der Waals surface area contributed by atoms with Gasteiger partial charge in [-0.15, -0.1) is 24.9 Å². The number of allylic oxidation sites excluding steroid dienone is 1. The number of hydrogen-bond acceptors (Lipinski definition) is 6. The maximum Gasteiger partial charge on any atom is 0.311 e. The molecule has 3 aliphatic heterocycles. The SMILES string of the molecule is C=CCCCCOC(=O)[C@@H]1[C@H]2C(=O)N(CCCO)C(C(=O)N(CC=C)Cc3ccccc3)C23CC[C@@]1(C)S3. The van der Waals surface area contributed by atoms with Crippen LogP contribution in [-0.2, 0) is 25.7 Å². The lowest BCUT2D eigenvalue weighted by Crippen LogP contribution is -2.54. The predicted octanol–water partition coefficient (Wildman–Crippen LogP) is 3.96. The summed E-state index contributed by atoms with van der Waals surface area (Å²) in [6.45, 7) is 10.9. The van der Waals surface area contributed by atoms with Gasteiger partial charge in [0.25, 0.3) is 0 Å². The fourth-order valence-corrected chi connectivity index (χ4v) is 8.90. The van der Waals surface area contributed by atoms with Gasteiger partial charge < -0.3 is 19.6 Å². The van der Waals surface area contributed by atoms with Crippen LogP contribution in [0.3, 0.4) is 0 Å². The van der Waals surface area contributed by atoms with Gasteiger partial charge in [0.15, 0.2) is 0 Å². The van der Waals surface area contributed by atoms with E-state index in [0.717, 1.165) is 31.2 Å². The molecule has 3 saturated heterocycles. The Morgan fingerprint density at radius 1 is 1.18 bits per heavy atom. The van der Waals surface area contributed by atoms with Crippen LogP contribution in [0.15, 0.2) is 55.6 Å². The zero-order chi connectivity index (χ0) is 27.3. The van der Waals surface area contributed by atoms with E-state index in [4.69, 9.17) is 4.74 Å². The maximum atomic E-state index is 14.3. The van der Waals surface area contributed by atoms with Crippen LogP contribution >= 0.6 is 11.8 Å². The number of benzene rings is 1. The van der Waals surface area contributed by atoms with Crippen molar-refractivity contribution in [3.63, 3.8) is 0 Å². The van der Waals surface area contributed by atoms with Gasteiger partial charge in [0.2, 0.25) is 11.8 Å². The van der Waals surface area contributed by atoms with Crippen LogP contribution in [-0.4, -0.2) is 74.5 Å². The molecular formula is C30H40N2O5S. The normalized spacial score (nSPS) is 29.3. The molecule has 3 heterocycles. The number of hydrogen-bond donors (Lipinski definition) is 1. The number of fused-ring (bicyclic) bond motifs is 1. The summed E-state index contributed by atoms with van der Waals surface area (Å²) >= 11 is 1.64. The van der Waals surface area contributed by atoms with Gasteiger partial charge in [0.05, 0.1) is 23.2 Å². The highest BCUT2D eigenvalue weighted by Gasteiger charge is 2.77. The Hall–Kier alpha value is -2.58. The number of esters is 1. The number of carbonyl (C=O) groups excluding carboxylic acids is 3. The molecule has 0 aliphatic carbocycles. The molecule has 3 aliphatic rings. The summed E-state index contributed by atoms with van der Waals surface area (Å²) in [5.74, 6) is -1.83. The Morgan fingerprint density at radius 2 is 1.95 bits per heavy atom. The van der Waals surface area contributed by atoms with Crippen molar-refractivity contribution in [2.24, 2.45) is 11.8 Å². The predicted molar refractivity (Wildman–Crippen MR) is 149 cm³/mol. The van der Waals surface area contributed by atoms with Crippen molar-refractivity contribution in [3.05, 3.63) is 61.2 Å². The third kappa shape index (κ3) is 5.17. The second-order valence-corrected chi connectivity index (χ2v) is 12.7. The van der Waals surface area contributed by atoms with E-state index in [0.29, 0.717) is 32.5 Å². The average Bonchev–Trinajstić information content (AvgIpc) is 3.47. The van der Waals surface area contributed by atoms with Gasteiger partial charge in [-0.2, -0.15) is 0 Å². The first-order chi connectivity index (χ1) is 18.3. The molecule has 0 aromatic heterocycles. The Kier molecular flexibility index (Phi) is 9.04. The number of thioether (sulfide) groups is 1. The van der Waals surface area contributed by atoms with E-state index < -0.39 is 27.4 Å². The van der Waals surface area contributed by atoms with Gasteiger partial charge in [-0.05, 0) is 51.0 Å². The number of aliphatic hydroxyl groups is 1. The van der Waals surface area contributed by atoms with E-state index in [1.807, 2.05) is 43.3 Å². The first-order valence-corrected chi connectivity index (χ1v) is 14.5. The van der Waals surface area contributed by atoms with Crippen molar-refractivity contribution < 1.29 is 24.2 Å². The summed E-state index contributed by atoms with van der Waals surface area (Å²) in [7, 11) is 0. The molecule has 2 amide bonds. The average molecular weight is 541 g/mol. The second kappa shape index (κ2) is 12.1. The third-order valence-corrected chi connectivity index (χ3v) is 10.2. The number of aliphatic hydroxyl groups excluding tert-OH is 1. The Morgan fingerprint density at radius 3 is 2.63 bits per heavy atom. The van der Waals surface area contributed by atoms with E-state index in [2.05, 4.69) is 13.2 Å². The van der Waals surface area contributed by atoms with Gasteiger partial charge >= 0.3 is 5.97 Å². The summed E-state index contributed by atoms with van der Waals surface area (Å²) in [5.41, 5.74) is 0.997. The number of ether oxygens (including phenoxy) is 1. The number of unbranched alkanes of at least 4 members (excludes halogenated alkanes) is 2. The molecule has 4 rings (SSSR count). The lowest BCUT2D eigenvalue weighted by molar-refractivity contribution is -0.155. The van der Waals surface area contributed by atoms with Crippen LogP contribution in [0.1, 0.15) is 51.0 Å². The van der Waals surface area contributed by atoms with Crippen molar-refractivity contribution in [2.45, 2.75) is 67.5 Å². The van der Waals surface area contributed by atoms with Gasteiger partial charge in [-0.3, -0.25) is 14.4 Å². The number of rotatable bonds is 14. The van der Waals surface area contributed by atoms with Crippen molar-refractivity contribution in [1.29, 1.82) is 0 Å². The molecule has 7 nitrogen and oxygen atoms in total. The zero-order valence-electron chi connectivity index (χ0n) is 22.3. The highest BCUT2D eigenvalue weighted by atomic mass is 32.2. The van der Waals surface area contributed by atoms with Gasteiger partial charge in [0, 0.05) is 31.0 Å². The fraction of sp³-hybridized carbons (Fsp3) is 0.567. The topological polar surface area (TPSA) is 87.1 Å². The molecule has 1 aromatic rings. The van der Waals surface area contributed by atoms with E-state index in [9.17, 15) is 19.5 Å². The third-order valence-electron chi connectivity index (χ3n) is 8.25. The maximum absolute atomic E-state index is 14.3. The first kappa shape index (κ1) is 28.4. The van der Waals surface area contributed by atoms with Crippen LogP contribution in [0.2, 0.25) is 0 Å². The molecule has 3 fully saturated rings. The van der Waals surface area contributed by atoms with Gasteiger partial charge in [0.1, 0.15) is 6.04 Å². The summed E-state index contributed by atoms with van der Waals surface area (Å²) in [6.07, 6.45) is 7.87. The Balaban J connectivity index is 1.64. The van der Waals surface area contributed by atoms with Crippen molar-refractivity contribution >= 4 is 29.5 Å². The van der Waals surface area contributed by atoms with E-state index >= 15 is 0 Å². The van der Waals surface area contributed by atoms with Crippen LogP contribution in [0.25, 0.3) is 0 Å². The fourth-order valence-electron chi connectivity index (χ4n) is 6.56. The summed E-state index contributed by atoms with van der Waals surface area (Å²) in [5, 5.41) is 9.57. The Bertz CT molecular complexity index is 1050. The Labute approximate surface area is 230 Å². The van der Waals surface area contributed by atoms with Crippen molar-refractivity contribution in [2.75, 3.05) is 26.3 Å². The van der Waals surface area contributed by atoms with E-state index in [1.54, 1.807) is 27.6 Å². The van der Waals surface area contributed by atoms with Gasteiger partial charge in [-0.1, -0.05) is 42.5 Å². The highest BCUT2D eigenvalue weighted by Crippen LogP contribution is 2.71. The molecular weight excluding hydrogens is 500 g/mol. The van der Waals surface area contributed by atoms with Gasteiger partial charge in [-0.25, -0.2) is 0 Å². The molecule has 206 valence electrons. The zero-order valence-corrected chi connectivity index (χ0v) is 23.2. The molecule has 8 heteroatoms. The lowest BCUT2D eigenvalue weighted by atomic mass is 9.66. The molecule has 2 unspecified atom stereocenters. The van der Waals surface area contributed by atoms with E-state index in [1.165, 1.54) is 0 Å². The molecule has 1 spiro atoms. The molecule has 5 atom stereocenters. The lowest BCUT2D eigenvalue weighted by Gasteiger charge is -2.37. The second-order valence-electron chi connectivity index (χ2n) is 10.8. The highest BCUT2D eigenvalue weighted by molar-refractivity contribution is 8.02.